The molecule has 10 heavy (non-hydrogen) atoms. The van der Waals surface area contributed by atoms with Gasteiger partial charge >= 0.3 is 0 Å². The molecule has 1 aliphatic rings. The van der Waals surface area contributed by atoms with Gasteiger partial charge in [-0.3, -0.25) is 8.74 Å². The highest BCUT2D eigenvalue weighted by molar-refractivity contribution is 8.28. The van der Waals surface area contributed by atoms with Crippen molar-refractivity contribution in [2.45, 2.75) is 13.8 Å². The fourth-order valence-corrected chi connectivity index (χ4v) is 3.16. The summed E-state index contributed by atoms with van der Waals surface area (Å²) in [6.07, 6.45) is 2.08. The summed E-state index contributed by atoms with van der Waals surface area (Å²) in [6.45, 7) is 4.02. The van der Waals surface area contributed by atoms with E-state index in [1.807, 2.05) is 6.92 Å². The molecule has 0 saturated carbocycles. The van der Waals surface area contributed by atoms with Crippen LogP contribution in [0.4, 0.5) is 0 Å². The maximum Gasteiger partial charge on any atom is 0.0608 e. The summed E-state index contributed by atoms with van der Waals surface area (Å²) < 4.78 is 14.8. The number of allylic oxidation sites excluding steroid dienone is 2. The van der Waals surface area contributed by atoms with Gasteiger partial charge in [0.25, 0.3) is 0 Å². The molecule has 2 unspecified atom stereocenters. The minimum absolute atomic E-state index is 0.472. The highest BCUT2D eigenvalue weighted by atomic mass is 32.3. The van der Waals surface area contributed by atoms with Crippen molar-refractivity contribution < 1.29 is 8.74 Å². The summed E-state index contributed by atoms with van der Waals surface area (Å²) in [5.74, 6) is 1.25. The van der Waals surface area contributed by atoms with Gasteiger partial charge in [-0.2, -0.15) is 10.6 Å². The van der Waals surface area contributed by atoms with E-state index in [1.165, 1.54) is 0 Å². The predicted octanol–water partition coefficient (Wildman–Crippen LogP) is 2.38. The van der Waals surface area contributed by atoms with E-state index < -0.39 is 10.6 Å². The van der Waals surface area contributed by atoms with Gasteiger partial charge in [0.15, 0.2) is 0 Å². The average molecular weight is 162 g/mol. The van der Waals surface area contributed by atoms with Crippen molar-refractivity contribution in [3.63, 3.8) is 0 Å². The summed E-state index contributed by atoms with van der Waals surface area (Å²) >= 11 is 0. The van der Waals surface area contributed by atoms with Crippen molar-refractivity contribution in [2.75, 3.05) is 12.9 Å². The van der Waals surface area contributed by atoms with E-state index in [0.29, 0.717) is 5.92 Å². The topological polar surface area (TPSA) is 29.5 Å². The molecule has 2 nitrogen and oxygen atoms in total. The lowest BCUT2D eigenvalue weighted by atomic mass is 10.2. The Balaban J connectivity index is 2.76. The molecule has 0 aromatic carbocycles. The molecule has 0 spiro atoms. The van der Waals surface area contributed by atoms with E-state index in [1.54, 1.807) is 7.11 Å². The van der Waals surface area contributed by atoms with Gasteiger partial charge in [0.05, 0.1) is 7.11 Å². The van der Waals surface area contributed by atoms with Crippen LogP contribution in [0.3, 0.4) is 0 Å². The normalized spacial score (nSPS) is 46.4. The van der Waals surface area contributed by atoms with Crippen LogP contribution in [0, 0.1) is 5.92 Å². The number of hydrogen-bond donors (Lipinski definition) is 1. The summed E-state index contributed by atoms with van der Waals surface area (Å²) in [5.41, 5.74) is 0. The first-order chi connectivity index (χ1) is 4.58. The van der Waals surface area contributed by atoms with Gasteiger partial charge in [-0.25, -0.2) is 0 Å². The van der Waals surface area contributed by atoms with E-state index in [0.717, 1.165) is 10.7 Å². The van der Waals surface area contributed by atoms with Crippen LogP contribution < -0.4 is 0 Å². The molecular weight excluding hydrogens is 148 g/mol. The highest BCUT2D eigenvalue weighted by Crippen LogP contribution is 2.57. The van der Waals surface area contributed by atoms with Gasteiger partial charge in [0.2, 0.25) is 0 Å². The van der Waals surface area contributed by atoms with Crippen LogP contribution in [0.15, 0.2) is 11.0 Å². The molecule has 1 heterocycles. The van der Waals surface area contributed by atoms with Crippen LogP contribution in [0.2, 0.25) is 0 Å². The lowest BCUT2D eigenvalue weighted by Gasteiger charge is -2.33. The lowest BCUT2D eigenvalue weighted by Crippen LogP contribution is -2.04. The molecule has 0 bridgehead atoms. The minimum atomic E-state index is -1.81. The van der Waals surface area contributed by atoms with E-state index in [2.05, 4.69) is 13.0 Å². The van der Waals surface area contributed by atoms with Crippen LogP contribution in [0.25, 0.3) is 0 Å². The zero-order chi connectivity index (χ0) is 7.78. The molecule has 0 aromatic heterocycles. The van der Waals surface area contributed by atoms with Gasteiger partial charge in [0.1, 0.15) is 0 Å². The maximum absolute atomic E-state index is 9.73. The van der Waals surface area contributed by atoms with Gasteiger partial charge in [-0.05, 0) is 12.8 Å². The third-order valence-corrected chi connectivity index (χ3v) is 4.46. The largest absolute Gasteiger partial charge is 0.295 e. The Bertz CT molecular complexity index is 167. The second-order valence-electron chi connectivity index (χ2n) is 2.73. The first-order valence-electron chi connectivity index (χ1n) is 3.36. The van der Waals surface area contributed by atoms with Crippen LogP contribution >= 0.6 is 10.6 Å². The first kappa shape index (κ1) is 8.11. The number of hydrogen-bond acceptors (Lipinski definition) is 2. The smallest absolute Gasteiger partial charge is 0.0608 e. The molecule has 2 atom stereocenters. The summed E-state index contributed by atoms with van der Waals surface area (Å²) in [5, 5.41) is 0. The Morgan fingerprint density at radius 3 is 2.60 bits per heavy atom. The SMILES string of the molecule is COS1(O)CC(C)C=C1C. The standard InChI is InChI=1S/C7H14O2S/c1-6-4-7(2)10(8,5-6)9-3/h4,6,8H,5H2,1-3H3. The quantitative estimate of drug-likeness (QED) is 0.641. The molecule has 0 aliphatic carbocycles. The Hall–Kier alpha value is 0.0100. The monoisotopic (exact) mass is 162 g/mol. The maximum atomic E-state index is 9.73. The molecule has 60 valence electrons. The summed E-state index contributed by atoms with van der Waals surface area (Å²) in [4.78, 5) is 1.02. The van der Waals surface area contributed by atoms with Crippen molar-refractivity contribution in [3.05, 3.63) is 11.0 Å². The van der Waals surface area contributed by atoms with E-state index in [-0.39, 0.29) is 0 Å². The van der Waals surface area contributed by atoms with Crippen molar-refractivity contribution in [1.82, 2.24) is 0 Å². The molecular formula is C7H14O2S. The van der Waals surface area contributed by atoms with E-state index in [4.69, 9.17) is 4.18 Å². The summed E-state index contributed by atoms with van der Waals surface area (Å²) in [6, 6.07) is 0. The van der Waals surface area contributed by atoms with Gasteiger partial charge < -0.3 is 0 Å². The van der Waals surface area contributed by atoms with Crippen molar-refractivity contribution >= 4 is 10.6 Å². The molecule has 1 aliphatic heterocycles. The predicted molar refractivity (Wildman–Crippen MR) is 45.0 cm³/mol. The van der Waals surface area contributed by atoms with Gasteiger partial charge in [-0.15, -0.1) is 0 Å². The van der Waals surface area contributed by atoms with Crippen LogP contribution in [-0.4, -0.2) is 17.4 Å². The van der Waals surface area contributed by atoms with Crippen molar-refractivity contribution in [1.29, 1.82) is 0 Å². The first-order valence-corrected chi connectivity index (χ1v) is 5.04. The molecule has 1 N–H and O–H groups in total. The van der Waals surface area contributed by atoms with E-state index >= 15 is 0 Å². The van der Waals surface area contributed by atoms with Crippen molar-refractivity contribution in [2.24, 2.45) is 5.92 Å². The third kappa shape index (κ3) is 1.21. The Morgan fingerprint density at radius 1 is 1.80 bits per heavy atom. The third-order valence-electron chi connectivity index (χ3n) is 1.79. The molecule has 0 radical (unpaired) electrons. The Morgan fingerprint density at radius 2 is 2.40 bits per heavy atom. The van der Waals surface area contributed by atoms with Crippen LogP contribution in [0.1, 0.15) is 13.8 Å². The van der Waals surface area contributed by atoms with Gasteiger partial charge in [0, 0.05) is 10.7 Å². The fraction of sp³-hybridized carbons (Fsp3) is 0.714. The molecule has 0 fully saturated rings. The molecule has 0 aromatic rings. The van der Waals surface area contributed by atoms with Crippen LogP contribution in [0.5, 0.6) is 0 Å². The zero-order valence-corrected chi connectivity index (χ0v) is 7.44. The Kier molecular flexibility index (Phi) is 2.08. The number of rotatable bonds is 1. The minimum Gasteiger partial charge on any atom is -0.295 e. The molecule has 0 saturated heterocycles. The zero-order valence-electron chi connectivity index (χ0n) is 6.63. The van der Waals surface area contributed by atoms with Crippen LogP contribution in [-0.2, 0) is 4.18 Å². The molecule has 3 heteroatoms. The average Bonchev–Trinajstić information content (AvgIpc) is 2.09. The summed E-state index contributed by atoms with van der Waals surface area (Å²) in [7, 11) is -0.234. The fourth-order valence-electron chi connectivity index (χ4n) is 1.24. The molecule has 1 rings (SSSR count). The Labute approximate surface area is 63.6 Å². The lowest BCUT2D eigenvalue weighted by molar-refractivity contribution is 0.401. The van der Waals surface area contributed by atoms with Crippen molar-refractivity contribution in [3.8, 4) is 0 Å². The molecule has 0 amide bonds. The van der Waals surface area contributed by atoms with Gasteiger partial charge in [-0.1, -0.05) is 13.0 Å². The second-order valence-corrected chi connectivity index (χ2v) is 5.32. The highest BCUT2D eigenvalue weighted by Gasteiger charge is 2.26. The van der Waals surface area contributed by atoms with E-state index in [9.17, 15) is 4.55 Å². The second kappa shape index (κ2) is 2.57.